The van der Waals surface area contributed by atoms with Gasteiger partial charge in [0, 0.05) is 23.5 Å². The van der Waals surface area contributed by atoms with Crippen molar-refractivity contribution in [3.63, 3.8) is 0 Å². The molecule has 3 nitrogen and oxygen atoms in total. The molecule has 2 rings (SSSR count). The van der Waals surface area contributed by atoms with Gasteiger partial charge in [-0.15, -0.1) is 0 Å². The molecule has 1 aliphatic carbocycles. The molecule has 1 heterocycles. The maximum Gasteiger partial charge on any atom is 0.202 e. The highest BCUT2D eigenvalue weighted by Crippen LogP contribution is 2.32. The molecule has 0 radical (unpaired) electrons. The summed E-state index contributed by atoms with van der Waals surface area (Å²) in [6.45, 7) is 7.47. The zero-order chi connectivity index (χ0) is 10.9. The van der Waals surface area contributed by atoms with Crippen LogP contribution in [0, 0.1) is 5.92 Å². The van der Waals surface area contributed by atoms with Crippen molar-refractivity contribution in [2.75, 3.05) is 11.9 Å². The first kappa shape index (κ1) is 10.9. The molecule has 0 amide bonds. The smallest absolute Gasteiger partial charge is 0.202 e. The predicted molar refractivity (Wildman–Crippen MR) is 64.4 cm³/mol. The second kappa shape index (κ2) is 4.08. The van der Waals surface area contributed by atoms with E-state index in [1.54, 1.807) is 0 Å². The van der Waals surface area contributed by atoms with Crippen LogP contribution in [0.5, 0.6) is 0 Å². The van der Waals surface area contributed by atoms with E-state index in [-0.39, 0.29) is 5.41 Å². The zero-order valence-electron chi connectivity index (χ0n) is 9.71. The Labute approximate surface area is 95.5 Å². The summed E-state index contributed by atoms with van der Waals surface area (Å²) in [5.41, 5.74) is 0.0624. The van der Waals surface area contributed by atoms with E-state index in [1.807, 2.05) is 0 Å². The van der Waals surface area contributed by atoms with Crippen molar-refractivity contribution in [1.82, 2.24) is 9.36 Å². The summed E-state index contributed by atoms with van der Waals surface area (Å²) in [4.78, 5) is 4.50. The maximum atomic E-state index is 4.50. The Morgan fingerprint density at radius 1 is 1.40 bits per heavy atom. The normalized spacial score (nSPS) is 16.7. The molecule has 1 aromatic heterocycles. The fraction of sp³-hybridized carbons (Fsp3) is 0.818. The number of aromatic nitrogens is 2. The Kier molecular flexibility index (Phi) is 2.96. The number of anilines is 1. The third kappa shape index (κ3) is 3.16. The quantitative estimate of drug-likeness (QED) is 0.856. The van der Waals surface area contributed by atoms with Gasteiger partial charge in [0.05, 0.1) is 0 Å². The van der Waals surface area contributed by atoms with Gasteiger partial charge in [0.2, 0.25) is 5.13 Å². The van der Waals surface area contributed by atoms with Crippen molar-refractivity contribution in [2.45, 2.75) is 45.4 Å². The van der Waals surface area contributed by atoms with Gasteiger partial charge in [-0.2, -0.15) is 4.37 Å². The van der Waals surface area contributed by atoms with Crippen molar-refractivity contribution < 1.29 is 0 Å². The molecular formula is C11H19N3S. The van der Waals surface area contributed by atoms with Crippen LogP contribution >= 0.6 is 11.5 Å². The lowest BCUT2D eigenvalue weighted by atomic mass is 9.96. The molecule has 0 unspecified atom stereocenters. The number of nitrogens with one attached hydrogen (secondary N) is 1. The van der Waals surface area contributed by atoms with E-state index in [4.69, 9.17) is 0 Å². The van der Waals surface area contributed by atoms with E-state index in [0.29, 0.717) is 0 Å². The van der Waals surface area contributed by atoms with Crippen LogP contribution in [0.1, 0.15) is 45.9 Å². The molecule has 4 heteroatoms. The zero-order valence-corrected chi connectivity index (χ0v) is 10.5. The lowest BCUT2D eigenvalue weighted by molar-refractivity contribution is 0.555. The topological polar surface area (TPSA) is 37.8 Å². The van der Waals surface area contributed by atoms with E-state index < -0.39 is 0 Å². The standard InChI is InChI=1S/C11H19N3S/c1-11(2,3)9-13-10(15-14-9)12-7-6-8-4-5-8/h8H,4-7H2,1-3H3,(H,12,13,14). The van der Waals surface area contributed by atoms with E-state index in [9.17, 15) is 0 Å². The molecule has 0 spiro atoms. The minimum absolute atomic E-state index is 0.0624. The van der Waals surface area contributed by atoms with Crippen LogP contribution in [0.4, 0.5) is 5.13 Å². The lowest BCUT2D eigenvalue weighted by Crippen LogP contribution is -2.13. The first-order valence-electron chi connectivity index (χ1n) is 5.64. The molecule has 1 saturated carbocycles. The first-order chi connectivity index (χ1) is 7.05. The van der Waals surface area contributed by atoms with Gasteiger partial charge in [0.25, 0.3) is 0 Å². The Morgan fingerprint density at radius 2 is 2.13 bits per heavy atom. The molecule has 0 atom stereocenters. The number of nitrogens with zero attached hydrogens (tertiary/aromatic N) is 2. The summed E-state index contributed by atoms with van der Waals surface area (Å²) in [7, 11) is 0. The molecule has 1 fully saturated rings. The highest BCUT2D eigenvalue weighted by atomic mass is 32.1. The molecule has 0 saturated heterocycles. The van der Waals surface area contributed by atoms with Crippen molar-refractivity contribution in [1.29, 1.82) is 0 Å². The van der Waals surface area contributed by atoms with Crippen molar-refractivity contribution in [3.8, 4) is 0 Å². The van der Waals surface area contributed by atoms with Crippen LogP contribution in [-0.2, 0) is 5.41 Å². The SMILES string of the molecule is CC(C)(C)c1nsc(NCCC2CC2)n1. The van der Waals surface area contributed by atoms with Gasteiger partial charge in [-0.25, -0.2) is 4.98 Å². The van der Waals surface area contributed by atoms with Gasteiger partial charge < -0.3 is 5.32 Å². The third-order valence-electron chi connectivity index (χ3n) is 2.62. The highest BCUT2D eigenvalue weighted by molar-refractivity contribution is 7.09. The van der Waals surface area contributed by atoms with E-state index in [1.165, 1.54) is 30.8 Å². The van der Waals surface area contributed by atoms with Gasteiger partial charge in [-0.3, -0.25) is 0 Å². The Bertz CT molecular complexity index is 323. The summed E-state index contributed by atoms with van der Waals surface area (Å²) >= 11 is 1.48. The van der Waals surface area contributed by atoms with Crippen molar-refractivity contribution in [2.24, 2.45) is 5.92 Å². The summed E-state index contributed by atoms with van der Waals surface area (Å²) in [6.07, 6.45) is 4.13. The molecular weight excluding hydrogens is 206 g/mol. The number of hydrogen-bond donors (Lipinski definition) is 1. The van der Waals surface area contributed by atoms with Gasteiger partial charge in [0.15, 0.2) is 0 Å². The average Bonchev–Trinajstić information content (AvgIpc) is 2.80. The molecule has 0 bridgehead atoms. The molecule has 1 aliphatic rings. The second-order valence-corrected chi connectivity index (χ2v) is 6.08. The number of hydrogen-bond acceptors (Lipinski definition) is 4. The maximum absolute atomic E-state index is 4.50. The van der Waals surface area contributed by atoms with Crippen LogP contribution in [0.15, 0.2) is 0 Å². The summed E-state index contributed by atoms with van der Waals surface area (Å²) in [5.74, 6) is 1.92. The summed E-state index contributed by atoms with van der Waals surface area (Å²) in [6, 6.07) is 0. The van der Waals surface area contributed by atoms with Crippen LogP contribution in [0.3, 0.4) is 0 Å². The van der Waals surface area contributed by atoms with E-state index in [0.717, 1.165) is 23.4 Å². The van der Waals surface area contributed by atoms with Gasteiger partial charge >= 0.3 is 0 Å². The predicted octanol–water partition coefficient (Wildman–Crippen LogP) is 3.05. The lowest BCUT2D eigenvalue weighted by Gasteiger charge is -2.12. The highest BCUT2D eigenvalue weighted by Gasteiger charge is 2.21. The van der Waals surface area contributed by atoms with Crippen LogP contribution in [-0.4, -0.2) is 15.9 Å². The summed E-state index contributed by atoms with van der Waals surface area (Å²) in [5, 5.41) is 4.33. The Balaban J connectivity index is 1.83. The Hall–Kier alpha value is -0.640. The van der Waals surface area contributed by atoms with Crippen LogP contribution < -0.4 is 5.32 Å². The molecule has 84 valence electrons. The van der Waals surface area contributed by atoms with E-state index >= 15 is 0 Å². The van der Waals surface area contributed by atoms with Crippen molar-refractivity contribution in [3.05, 3.63) is 5.82 Å². The fourth-order valence-electron chi connectivity index (χ4n) is 1.39. The van der Waals surface area contributed by atoms with E-state index in [2.05, 4.69) is 35.4 Å². The molecule has 0 aliphatic heterocycles. The third-order valence-corrected chi connectivity index (χ3v) is 3.30. The van der Waals surface area contributed by atoms with Gasteiger partial charge in [-0.1, -0.05) is 33.6 Å². The fourth-order valence-corrected chi connectivity index (χ4v) is 2.17. The molecule has 1 aromatic rings. The molecule has 15 heavy (non-hydrogen) atoms. The number of rotatable bonds is 4. The monoisotopic (exact) mass is 225 g/mol. The minimum Gasteiger partial charge on any atom is -0.360 e. The van der Waals surface area contributed by atoms with Crippen LogP contribution in [0.2, 0.25) is 0 Å². The second-order valence-electron chi connectivity index (χ2n) is 5.33. The minimum atomic E-state index is 0.0624. The molecule has 1 N–H and O–H groups in total. The summed E-state index contributed by atoms with van der Waals surface area (Å²) < 4.78 is 4.37. The first-order valence-corrected chi connectivity index (χ1v) is 6.41. The van der Waals surface area contributed by atoms with Gasteiger partial charge in [-0.05, 0) is 12.3 Å². The average molecular weight is 225 g/mol. The van der Waals surface area contributed by atoms with Crippen molar-refractivity contribution >= 4 is 16.7 Å². The Morgan fingerprint density at radius 3 is 2.67 bits per heavy atom. The largest absolute Gasteiger partial charge is 0.360 e. The van der Waals surface area contributed by atoms with Crippen LogP contribution in [0.25, 0.3) is 0 Å². The van der Waals surface area contributed by atoms with Gasteiger partial charge in [0.1, 0.15) is 5.82 Å². The molecule has 0 aromatic carbocycles.